The molecule has 0 amide bonds. The van der Waals surface area contributed by atoms with Crippen LogP contribution in [0.25, 0.3) is 0 Å². The van der Waals surface area contributed by atoms with E-state index in [4.69, 9.17) is 28.1 Å². The molecule has 0 unspecified atom stereocenters. The molecule has 6 nitrogen and oxygen atoms in total. The maximum Gasteiger partial charge on any atom is 0.183 e. The molecule has 0 radical (unpaired) electrons. The number of benzene rings is 3. The molecule has 0 fully saturated rings. The minimum atomic E-state index is -1.46. The van der Waals surface area contributed by atoms with Gasteiger partial charge >= 0.3 is 0 Å². The van der Waals surface area contributed by atoms with Crippen LogP contribution in [0.3, 0.4) is 0 Å². The quantitative estimate of drug-likeness (QED) is 0.0987. The van der Waals surface area contributed by atoms with E-state index >= 15 is 0 Å². The standard InChI is InChI=1S/C32H44O6Si/c1-39(2,3)38-28-26-36-24-22-34-20-19-33-21-23-35-25-27-37-32(29-13-7-4-8-14-29,30-15-9-5-10-16-30)31-17-11-6-12-18-31/h4-18H,19-28H2,1-3H3. The Morgan fingerprint density at radius 3 is 1.08 bits per heavy atom. The van der Waals surface area contributed by atoms with Crippen LogP contribution in [0.1, 0.15) is 16.7 Å². The first-order valence-electron chi connectivity index (χ1n) is 13.8. The Balaban J connectivity index is 1.36. The van der Waals surface area contributed by atoms with Gasteiger partial charge in [-0.25, -0.2) is 0 Å². The highest BCUT2D eigenvalue weighted by Gasteiger charge is 2.37. The SMILES string of the molecule is C[Si](C)(C)OCCOCCOCCOCCOCCOC(c1ccccc1)(c1ccccc1)c1ccccc1. The average Bonchev–Trinajstić information content (AvgIpc) is 2.96. The molecular formula is C32H44O6Si. The van der Waals surface area contributed by atoms with Gasteiger partial charge in [-0.15, -0.1) is 0 Å². The third-order valence-electron chi connectivity index (χ3n) is 5.97. The Bertz CT molecular complexity index is 914. The minimum absolute atomic E-state index is 0.435. The summed E-state index contributed by atoms with van der Waals surface area (Å²) in [7, 11) is -1.46. The van der Waals surface area contributed by atoms with E-state index < -0.39 is 13.9 Å². The average molecular weight is 553 g/mol. The monoisotopic (exact) mass is 552 g/mol. The van der Waals surface area contributed by atoms with E-state index in [0.717, 1.165) is 16.7 Å². The maximum absolute atomic E-state index is 6.71. The van der Waals surface area contributed by atoms with E-state index in [1.54, 1.807) is 0 Å². The molecular weight excluding hydrogens is 508 g/mol. The molecule has 0 atom stereocenters. The van der Waals surface area contributed by atoms with E-state index in [1.165, 1.54) is 0 Å². The molecule has 0 saturated carbocycles. The smallest absolute Gasteiger partial charge is 0.183 e. The zero-order valence-electron chi connectivity index (χ0n) is 23.7. The third kappa shape index (κ3) is 11.0. The van der Waals surface area contributed by atoms with Crippen LogP contribution >= 0.6 is 0 Å². The van der Waals surface area contributed by atoms with E-state index in [0.29, 0.717) is 66.1 Å². The lowest BCUT2D eigenvalue weighted by Crippen LogP contribution is -2.34. The second-order valence-electron chi connectivity index (χ2n) is 10.0. The molecule has 3 aromatic carbocycles. The summed E-state index contributed by atoms with van der Waals surface area (Å²) in [5.74, 6) is 0. The molecule has 3 rings (SSSR count). The van der Waals surface area contributed by atoms with E-state index in [-0.39, 0.29) is 0 Å². The predicted octanol–water partition coefficient (Wildman–Crippen LogP) is 5.91. The molecule has 0 aliphatic rings. The van der Waals surface area contributed by atoms with Gasteiger partial charge in [0.15, 0.2) is 8.32 Å². The van der Waals surface area contributed by atoms with Crippen LogP contribution in [0.15, 0.2) is 91.0 Å². The fraction of sp³-hybridized carbons (Fsp3) is 0.438. The number of rotatable bonds is 20. The minimum Gasteiger partial charge on any atom is -0.415 e. The Morgan fingerprint density at radius 1 is 0.436 bits per heavy atom. The highest BCUT2D eigenvalue weighted by molar-refractivity contribution is 6.69. The largest absolute Gasteiger partial charge is 0.415 e. The first-order valence-corrected chi connectivity index (χ1v) is 17.2. The number of ether oxygens (including phenoxy) is 5. The van der Waals surface area contributed by atoms with E-state index in [9.17, 15) is 0 Å². The lowest BCUT2D eigenvalue weighted by molar-refractivity contribution is -0.0386. The van der Waals surface area contributed by atoms with Crippen molar-refractivity contribution in [3.63, 3.8) is 0 Å². The van der Waals surface area contributed by atoms with Crippen LogP contribution in [-0.4, -0.2) is 74.4 Å². The van der Waals surface area contributed by atoms with Crippen LogP contribution in [0.4, 0.5) is 0 Å². The topological polar surface area (TPSA) is 55.4 Å². The normalized spacial score (nSPS) is 12.1. The molecule has 0 aliphatic heterocycles. The maximum atomic E-state index is 6.71. The van der Waals surface area contributed by atoms with Crippen molar-refractivity contribution in [2.75, 3.05) is 66.1 Å². The van der Waals surface area contributed by atoms with Gasteiger partial charge in [-0.2, -0.15) is 0 Å². The first-order chi connectivity index (χ1) is 19.0. The summed E-state index contributed by atoms with van der Waals surface area (Å²) in [4.78, 5) is 0. The molecule has 7 heteroatoms. The van der Waals surface area contributed by atoms with Gasteiger partial charge in [0.2, 0.25) is 0 Å². The summed E-state index contributed by atoms with van der Waals surface area (Å²) in [5.41, 5.74) is 2.51. The highest BCUT2D eigenvalue weighted by Crippen LogP contribution is 2.40. The van der Waals surface area contributed by atoms with Crippen LogP contribution in [0.5, 0.6) is 0 Å². The van der Waals surface area contributed by atoms with Gasteiger partial charge in [-0.3, -0.25) is 0 Å². The lowest BCUT2D eigenvalue weighted by atomic mass is 9.80. The van der Waals surface area contributed by atoms with Crippen molar-refractivity contribution in [1.29, 1.82) is 0 Å². The molecule has 39 heavy (non-hydrogen) atoms. The fourth-order valence-corrected chi connectivity index (χ4v) is 4.89. The van der Waals surface area contributed by atoms with E-state index in [1.807, 2.05) is 54.6 Å². The van der Waals surface area contributed by atoms with Crippen molar-refractivity contribution in [2.45, 2.75) is 25.2 Å². The van der Waals surface area contributed by atoms with Crippen molar-refractivity contribution in [3.05, 3.63) is 108 Å². The molecule has 212 valence electrons. The molecule has 3 aromatic rings. The molecule has 0 aromatic heterocycles. The van der Waals surface area contributed by atoms with Crippen molar-refractivity contribution >= 4 is 8.32 Å². The molecule has 0 saturated heterocycles. The summed E-state index contributed by atoms with van der Waals surface area (Å²) in [5, 5.41) is 0. The summed E-state index contributed by atoms with van der Waals surface area (Å²) < 4.78 is 35.0. The Labute approximate surface area is 235 Å². The summed E-state index contributed by atoms with van der Waals surface area (Å²) >= 11 is 0. The molecule has 0 heterocycles. The summed E-state index contributed by atoms with van der Waals surface area (Å²) in [6.07, 6.45) is 0. The van der Waals surface area contributed by atoms with Gasteiger partial charge in [0.25, 0.3) is 0 Å². The van der Waals surface area contributed by atoms with Crippen molar-refractivity contribution in [1.82, 2.24) is 0 Å². The van der Waals surface area contributed by atoms with Gasteiger partial charge in [0.05, 0.1) is 66.1 Å². The van der Waals surface area contributed by atoms with E-state index in [2.05, 4.69) is 56.0 Å². The van der Waals surface area contributed by atoms with Crippen molar-refractivity contribution in [3.8, 4) is 0 Å². The van der Waals surface area contributed by atoms with Gasteiger partial charge < -0.3 is 28.1 Å². The summed E-state index contributed by atoms with van der Waals surface area (Å²) in [6, 6.07) is 31.1. The second kappa shape index (κ2) is 17.4. The van der Waals surface area contributed by atoms with Crippen molar-refractivity contribution in [2.24, 2.45) is 0 Å². The zero-order chi connectivity index (χ0) is 27.7. The Morgan fingerprint density at radius 2 is 0.744 bits per heavy atom. The lowest BCUT2D eigenvalue weighted by Gasteiger charge is -2.36. The molecule has 0 bridgehead atoms. The Kier molecular flexibility index (Phi) is 13.9. The molecule has 0 spiro atoms. The van der Waals surface area contributed by atoms with Gasteiger partial charge in [-0.1, -0.05) is 91.0 Å². The highest BCUT2D eigenvalue weighted by atomic mass is 28.4. The van der Waals surface area contributed by atoms with Gasteiger partial charge in [-0.05, 0) is 36.3 Å². The zero-order valence-corrected chi connectivity index (χ0v) is 24.7. The molecule has 0 N–H and O–H groups in total. The number of hydrogen-bond acceptors (Lipinski definition) is 6. The predicted molar refractivity (Wildman–Crippen MR) is 158 cm³/mol. The van der Waals surface area contributed by atoms with Crippen LogP contribution in [0, 0.1) is 0 Å². The van der Waals surface area contributed by atoms with Gasteiger partial charge in [0.1, 0.15) is 5.60 Å². The molecule has 0 aliphatic carbocycles. The van der Waals surface area contributed by atoms with Crippen LogP contribution in [0.2, 0.25) is 19.6 Å². The van der Waals surface area contributed by atoms with Crippen LogP contribution in [-0.2, 0) is 33.7 Å². The first kappa shape index (κ1) is 31.2. The van der Waals surface area contributed by atoms with Crippen LogP contribution < -0.4 is 0 Å². The second-order valence-corrected chi connectivity index (χ2v) is 14.6. The fourth-order valence-electron chi connectivity index (χ4n) is 4.19. The Hall–Kier alpha value is -2.36. The number of hydrogen-bond donors (Lipinski definition) is 0. The van der Waals surface area contributed by atoms with Gasteiger partial charge in [0, 0.05) is 0 Å². The third-order valence-corrected chi connectivity index (χ3v) is 7.04. The van der Waals surface area contributed by atoms with Crippen molar-refractivity contribution < 1.29 is 28.1 Å². The summed E-state index contributed by atoms with van der Waals surface area (Å²) in [6.45, 7) is 11.8.